The molecule has 1 aliphatic carbocycles. The molecule has 9 heteroatoms. The molecule has 1 saturated carbocycles. The first-order valence-electron chi connectivity index (χ1n) is 11.6. The van der Waals surface area contributed by atoms with Crippen LogP contribution in [-0.4, -0.2) is 51.6 Å². The fraction of sp³-hybridized carbons (Fsp3) is 0.609. The van der Waals surface area contributed by atoms with Crippen LogP contribution in [0, 0.1) is 0 Å². The summed E-state index contributed by atoms with van der Waals surface area (Å²) in [4.78, 5) is 27.3. The molecule has 2 aromatic rings. The largest absolute Gasteiger partial charge is 0.454 e. The summed E-state index contributed by atoms with van der Waals surface area (Å²) >= 11 is 0. The molecule has 1 amide bonds. The zero-order chi connectivity index (χ0) is 22.1. The van der Waals surface area contributed by atoms with Crippen molar-refractivity contribution in [2.45, 2.75) is 57.0 Å². The Kier molecular flexibility index (Phi) is 5.91. The molecule has 2 fully saturated rings. The quantitative estimate of drug-likeness (QED) is 0.737. The lowest BCUT2D eigenvalue weighted by molar-refractivity contribution is -0.122. The van der Waals surface area contributed by atoms with Gasteiger partial charge in [0.25, 0.3) is 0 Å². The molecule has 1 aromatic carbocycles. The lowest BCUT2D eigenvalue weighted by Crippen LogP contribution is -2.41. The lowest BCUT2D eigenvalue weighted by atomic mass is 9.95. The van der Waals surface area contributed by atoms with E-state index in [0.29, 0.717) is 19.1 Å². The zero-order valence-corrected chi connectivity index (χ0v) is 18.6. The topological polar surface area (TPSA) is 90.6 Å². The number of benzene rings is 1. The van der Waals surface area contributed by atoms with Crippen molar-refractivity contribution >= 4 is 5.91 Å². The van der Waals surface area contributed by atoms with Crippen LogP contribution in [-0.2, 0) is 18.4 Å². The highest BCUT2D eigenvalue weighted by molar-refractivity contribution is 5.78. The molecule has 1 saturated heterocycles. The smallest absolute Gasteiger partial charge is 0.345 e. The maximum Gasteiger partial charge on any atom is 0.345 e. The molecule has 0 radical (unpaired) electrons. The Labute approximate surface area is 187 Å². The number of piperidine rings is 1. The summed E-state index contributed by atoms with van der Waals surface area (Å²) in [6.07, 6.45) is 6.34. The number of carbonyl (C=O) groups is 1. The van der Waals surface area contributed by atoms with Gasteiger partial charge < -0.3 is 14.8 Å². The number of fused-ring (bicyclic) bond motifs is 1. The summed E-state index contributed by atoms with van der Waals surface area (Å²) in [6.45, 7) is 2.76. The Morgan fingerprint density at radius 1 is 1.12 bits per heavy atom. The summed E-state index contributed by atoms with van der Waals surface area (Å²) in [5, 5.41) is 7.60. The van der Waals surface area contributed by atoms with E-state index >= 15 is 0 Å². The van der Waals surface area contributed by atoms with Gasteiger partial charge in [0.05, 0.1) is 6.54 Å². The highest BCUT2D eigenvalue weighted by atomic mass is 16.7. The molecule has 0 atom stereocenters. The van der Waals surface area contributed by atoms with Crippen molar-refractivity contribution in [2.24, 2.45) is 7.05 Å². The van der Waals surface area contributed by atoms with Crippen LogP contribution in [0.25, 0.3) is 0 Å². The second-order valence-corrected chi connectivity index (χ2v) is 9.09. The Morgan fingerprint density at radius 2 is 1.88 bits per heavy atom. The van der Waals surface area contributed by atoms with Crippen LogP contribution >= 0.6 is 0 Å². The Bertz CT molecular complexity index is 1030. The predicted molar refractivity (Wildman–Crippen MR) is 118 cm³/mol. The van der Waals surface area contributed by atoms with E-state index in [1.807, 2.05) is 22.8 Å². The number of aromatic nitrogens is 3. The number of hydrogen-bond acceptors (Lipinski definition) is 6. The van der Waals surface area contributed by atoms with Crippen LogP contribution in [0.3, 0.4) is 0 Å². The molecule has 9 nitrogen and oxygen atoms in total. The third kappa shape index (κ3) is 4.26. The van der Waals surface area contributed by atoms with Gasteiger partial charge in [0.1, 0.15) is 5.82 Å². The van der Waals surface area contributed by atoms with Crippen LogP contribution in [0.5, 0.6) is 11.5 Å². The third-order valence-corrected chi connectivity index (χ3v) is 6.92. The molecule has 172 valence electrons. The average Bonchev–Trinajstić information content (AvgIpc) is 3.54. The summed E-state index contributed by atoms with van der Waals surface area (Å²) in [7, 11) is 1.75. The van der Waals surface area contributed by atoms with Crippen molar-refractivity contribution in [3.63, 3.8) is 0 Å². The molecule has 5 rings (SSSR count). The minimum Gasteiger partial charge on any atom is -0.454 e. The van der Waals surface area contributed by atoms with Gasteiger partial charge in [0.2, 0.25) is 12.7 Å². The first-order chi connectivity index (χ1) is 15.6. The second-order valence-electron chi connectivity index (χ2n) is 9.09. The van der Waals surface area contributed by atoms with E-state index in [1.54, 1.807) is 7.05 Å². The summed E-state index contributed by atoms with van der Waals surface area (Å²) in [6, 6.07) is 6.02. The number of likely N-dealkylation sites (tertiary alicyclic amines) is 1. The van der Waals surface area contributed by atoms with Gasteiger partial charge in [0.15, 0.2) is 11.5 Å². The maximum absolute atomic E-state index is 12.7. The Balaban J connectivity index is 1.13. The predicted octanol–water partition coefficient (Wildman–Crippen LogP) is 1.92. The fourth-order valence-corrected chi connectivity index (χ4v) is 5.14. The van der Waals surface area contributed by atoms with E-state index < -0.39 is 0 Å². The molecule has 0 spiro atoms. The molecule has 0 unspecified atom stereocenters. The number of hydrogen-bond donors (Lipinski definition) is 1. The molecule has 1 N–H and O–H groups in total. The summed E-state index contributed by atoms with van der Waals surface area (Å²) < 4.78 is 14.2. The summed E-state index contributed by atoms with van der Waals surface area (Å²) in [5.74, 6) is 2.70. The highest BCUT2D eigenvalue weighted by Gasteiger charge is 2.30. The lowest BCUT2D eigenvalue weighted by Gasteiger charge is -2.31. The first kappa shape index (κ1) is 21.1. The summed E-state index contributed by atoms with van der Waals surface area (Å²) in [5.41, 5.74) is 0.999. The fourth-order valence-electron chi connectivity index (χ4n) is 5.14. The number of nitrogens with one attached hydrogen (secondary N) is 1. The molecule has 0 bridgehead atoms. The van der Waals surface area contributed by atoms with Crippen molar-refractivity contribution < 1.29 is 14.3 Å². The van der Waals surface area contributed by atoms with E-state index in [2.05, 4.69) is 15.3 Å². The molecule has 32 heavy (non-hydrogen) atoms. The van der Waals surface area contributed by atoms with Crippen LogP contribution in [0.15, 0.2) is 23.0 Å². The molecule has 3 aliphatic rings. The van der Waals surface area contributed by atoms with Gasteiger partial charge >= 0.3 is 5.69 Å². The number of nitrogens with zero attached hydrogens (tertiary/aromatic N) is 4. The Hall–Kier alpha value is -2.81. The molecular weight excluding hydrogens is 410 g/mol. The zero-order valence-electron chi connectivity index (χ0n) is 18.6. The number of aryl methyl sites for hydroxylation is 1. The number of ether oxygens (including phenoxy) is 2. The molecule has 3 heterocycles. The van der Waals surface area contributed by atoms with Gasteiger partial charge in [-0.15, -0.1) is 0 Å². The highest BCUT2D eigenvalue weighted by Crippen LogP contribution is 2.34. The molecule has 1 aromatic heterocycles. The van der Waals surface area contributed by atoms with E-state index in [-0.39, 0.29) is 24.3 Å². The van der Waals surface area contributed by atoms with Gasteiger partial charge in [-0.2, -0.15) is 5.10 Å². The van der Waals surface area contributed by atoms with Crippen molar-refractivity contribution in [3.8, 4) is 11.5 Å². The van der Waals surface area contributed by atoms with Crippen molar-refractivity contribution in [1.29, 1.82) is 0 Å². The minimum absolute atomic E-state index is 0.0113. The van der Waals surface area contributed by atoms with Crippen molar-refractivity contribution in [3.05, 3.63) is 40.1 Å². The van der Waals surface area contributed by atoms with Gasteiger partial charge in [0, 0.05) is 25.6 Å². The van der Waals surface area contributed by atoms with Crippen LogP contribution in [0.1, 0.15) is 61.9 Å². The number of amides is 1. The van der Waals surface area contributed by atoms with E-state index in [9.17, 15) is 9.59 Å². The number of carbonyl (C=O) groups excluding carboxylic acids is 1. The van der Waals surface area contributed by atoms with Crippen molar-refractivity contribution in [1.82, 2.24) is 24.6 Å². The third-order valence-electron chi connectivity index (χ3n) is 6.92. The van der Waals surface area contributed by atoms with Crippen LogP contribution in [0.4, 0.5) is 0 Å². The standard InChI is InChI=1S/C23H31N5O4/c1-26-23(30)28(18-4-2-3-5-18)22(25-26)17-8-10-27(11-9-17)14-21(29)24-13-16-6-7-19-20(12-16)32-15-31-19/h6-7,12,17-18H,2-5,8-11,13-15H2,1H3,(H,24,29). The van der Waals surface area contributed by atoms with Gasteiger partial charge in [-0.05, 0) is 56.5 Å². The van der Waals surface area contributed by atoms with E-state index in [1.165, 1.54) is 17.5 Å². The van der Waals surface area contributed by atoms with Crippen molar-refractivity contribution in [2.75, 3.05) is 26.4 Å². The van der Waals surface area contributed by atoms with Gasteiger partial charge in [-0.3, -0.25) is 14.3 Å². The van der Waals surface area contributed by atoms with E-state index in [0.717, 1.165) is 61.7 Å². The second kappa shape index (κ2) is 8.97. The maximum atomic E-state index is 12.7. The molecule has 2 aliphatic heterocycles. The van der Waals surface area contributed by atoms with Gasteiger partial charge in [-0.25, -0.2) is 9.48 Å². The van der Waals surface area contributed by atoms with Gasteiger partial charge in [-0.1, -0.05) is 18.9 Å². The normalized spacial score (nSPS) is 19.5. The number of rotatable bonds is 6. The Morgan fingerprint density at radius 3 is 2.66 bits per heavy atom. The van der Waals surface area contributed by atoms with Crippen LogP contribution < -0.4 is 20.5 Å². The molecular formula is C23H31N5O4. The monoisotopic (exact) mass is 441 g/mol. The van der Waals surface area contributed by atoms with Crippen LogP contribution in [0.2, 0.25) is 0 Å². The minimum atomic E-state index is 0.0113. The SMILES string of the molecule is Cn1nc(C2CCN(CC(=O)NCc3ccc4c(c3)OCO4)CC2)n(C2CCCC2)c1=O. The van der Waals surface area contributed by atoms with E-state index in [4.69, 9.17) is 9.47 Å². The first-order valence-corrected chi connectivity index (χ1v) is 11.6. The average molecular weight is 442 g/mol.